The number of nitrogens with zero attached hydrogens (tertiary/aromatic N) is 1. The van der Waals surface area contributed by atoms with Crippen LogP contribution in [0, 0.1) is 0 Å². The lowest BCUT2D eigenvalue weighted by Gasteiger charge is -2.35. The Labute approximate surface area is 180 Å². The van der Waals surface area contributed by atoms with E-state index >= 15 is 0 Å². The zero-order valence-electron chi connectivity index (χ0n) is 18.3. The molecule has 5 heteroatoms. The van der Waals surface area contributed by atoms with Gasteiger partial charge in [-0.05, 0) is 54.7 Å². The Hall–Kier alpha value is -2.37. The second-order valence-electron chi connectivity index (χ2n) is 8.81. The van der Waals surface area contributed by atoms with E-state index < -0.39 is 0 Å². The average molecular weight is 410 g/mol. The number of methoxy groups -OCH3 is 1. The molecule has 0 unspecified atom stereocenters. The number of amides is 1. The van der Waals surface area contributed by atoms with E-state index in [0.717, 1.165) is 51.3 Å². The third-order valence-electron chi connectivity index (χ3n) is 6.88. The van der Waals surface area contributed by atoms with Crippen LogP contribution in [0.1, 0.15) is 35.6 Å². The number of aryl methyl sites for hydroxylation is 1. The highest BCUT2D eigenvalue weighted by atomic mass is 16.5. The van der Waals surface area contributed by atoms with Crippen molar-refractivity contribution < 1.29 is 19.3 Å². The molecule has 4 rings (SSSR count). The maximum atomic E-state index is 13.0. The summed E-state index contributed by atoms with van der Waals surface area (Å²) in [6.45, 7) is 6.02. The average Bonchev–Trinajstić information content (AvgIpc) is 2.80. The summed E-state index contributed by atoms with van der Waals surface area (Å²) in [5.41, 5.74) is 4.11. The van der Waals surface area contributed by atoms with Gasteiger partial charge in [-0.2, -0.15) is 0 Å². The van der Waals surface area contributed by atoms with Gasteiger partial charge in [0.15, 0.2) is 6.54 Å². The number of hydrogen-bond acceptors (Lipinski definition) is 2. The van der Waals surface area contributed by atoms with Crippen molar-refractivity contribution in [1.29, 1.82) is 0 Å². The van der Waals surface area contributed by atoms with Crippen LogP contribution in [-0.4, -0.2) is 57.7 Å². The van der Waals surface area contributed by atoms with Gasteiger partial charge in [-0.15, -0.1) is 0 Å². The lowest BCUT2D eigenvalue weighted by Crippen LogP contribution is -3.28. The molecule has 2 N–H and O–H groups in total. The number of rotatable bonds is 6. The lowest BCUT2D eigenvalue weighted by molar-refractivity contribution is -1.02. The van der Waals surface area contributed by atoms with Crippen molar-refractivity contribution in [1.82, 2.24) is 4.90 Å². The molecule has 0 saturated carbocycles. The van der Waals surface area contributed by atoms with Crippen molar-refractivity contribution >= 4 is 5.91 Å². The highest BCUT2D eigenvalue weighted by Crippen LogP contribution is 2.33. The van der Waals surface area contributed by atoms with Crippen LogP contribution in [0.15, 0.2) is 48.5 Å². The van der Waals surface area contributed by atoms with Crippen molar-refractivity contribution in [3.63, 3.8) is 0 Å². The third kappa shape index (κ3) is 4.85. The van der Waals surface area contributed by atoms with Crippen molar-refractivity contribution in [3.8, 4) is 5.75 Å². The van der Waals surface area contributed by atoms with Crippen LogP contribution in [0.2, 0.25) is 0 Å². The number of carbonyl (C=O) groups is 1. The van der Waals surface area contributed by atoms with Crippen LogP contribution in [0.5, 0.6) is 5.75 Å². The molecule has 30 heavy (non-hydrogen) atoms. The first kappa shape index (κ1) is 20.9. The summed E-state index contributed by atoms with van der Waals surface area (Å²) in [6, 6.07) is 17.3. The third-order valence-corrected chi connectivity index (χ3v) is 6.88. The second-order valence-corrected chi connectivity index (χ2v) is 8.81. The van der Waals surface area contributed by atoms with Crippen LogP contribution in [0.4, 0.5) is 0 Å². The van der Waals surface area contributed by atoms with Crippen molar-refractivity contribution in [2.45, 2.75) is 31.8 Å². The molecule has 1 aliphatic carbocycles. The minimum absolute atomic E-state index is 0.240. The monoisotopic (exact) mass is 409 g/mol. The summed E-state index contributed by atoms with van der Waals surface area (Å²) >= 11 is 0. The Morgan fingerprint density at radius 1 is 1.03 bits per heavy atom. The Balaban J connectivity index is 1.27. The zero-order valence-corrected chi connectivity index (χ0v) is 18.3. The van der Waals surface area contributed by atoms with E-state index in [1.165, 1.54) is 28.0 Å². The summed E-state index contributed by atoms with van der Waals surface area (Å²) in [6.07, 6.45) is 3.38. The Kier molecular flexibility index (Phi) is 6.70. The quantitative estimate of drug-likeness (QED) is 0.730. The molecular weight excluding hydrogens is 374 g/mol. The number of nitrogens with one attached hydrogen (secondary N) is 2. The first-order valence-electron chi connectivity index (χ1n) is 11.3. The van der Waals surface area contributed by atoms with Crippen LogP contribution in [0.25, 0.3) is 0 Å². The van der Waals surface area contributed by atoms with E-state index in [2.05, 4.69) is 36.4 Å². The van der Waals surface area contributed by atoms with Crippen LogP contribution >= 0.6 is 0 Å². The van der Waals surface area contributed by atoms with Gasteiger partial charge >= 0.3 is 0 Å². The molecule has 0 aromatic heterocycles. The van der Waals surface area contributed by atoms with Gasteiger partial charge in [0, 0.05) is 12.6 Å². The minimum atomic E-state index is 0.240. The first-order valence-corrected chi connectivity index (χ1v) is 11.3. The highest BCUT2D eigenvalue weighted by molar-refractivity contribution is 5.77. The Morgan fingerprint density at radius 3 is 2.47 bits per heavy atom. The Morgan fingerprint density at radius 2 is 1.73 bits per heavy atom. The first-order chi connectivity index (χ1) is 14.6. The molecule has 0 bridgehead atoms. The normalized spacial score (nSPS) is 23.5. The number of carbonyl (C=O) groups excluding carboxylic acids is 1. The standard InChI is InChI=1S/C25H33N3O2/c1-26(24-9-5-7-21-6-3-4-8-23(21)24)25(29)19-28-16-14-27(15-17-28)18-20-10-12-22(30-2)13-11-20/h3-4,6,8,10-13,24H,5,7,9,14-19H2,1-2H3/p+2/t24-/m0/s1. The topological polar surface area (TPSA) is 38.4 Å². The molecule has 5 nitrogen and oxygen atoms in total. The zero-order chi connectivity index (χ0) is 20.9. The summed E-state index contributed by atoms with van der Waals surface area (Å²) in [7, 11) is 3.70. The highest BCUT2D eigenvalue weighted by Gasteiger charge is 2.30. The number of likely N-dealkylation sites (N-methyl/N-ethyl adjacent to an activating group) is 1. The number of ether oxygens (including phenoxy) is 1. The summed E-state index contributed by atoms with van der Waals surface area (Å²) in [5, 5.41) is 0. The van der Waals surface area contributed by atoms with Gasteiger partial charge in [-0.25, -0.2) is 0 Å². The van der Waals surface area contributed by atoms with Gasteiger partial charge in [-0.1, -0.05) is 24.3 Å². The second kappa shape index (κ2) is 9.63. The molecule has 160 valence electrons. The number of fused-ring (bicyclic) bond motifs is 1. The van der Waals surface area contributed by atoms with Gasteiger partial charge < -0.3 is 19.4 Å². The number of hydrogen-bond donors (Lipinski definition) is 2. The van der Waals surface area contributed by atoms with Crippen LogP contribution in [0.3, 0.4) is 0 Å². The van der Waals surface area contributed by atoms with Gasteiger partial charge in [-0.3, -0.25) is 4.79 Å². The van der Waals surface area contributed by atoms with E-state index in [9.17, 15) is 4.79 Å². The minimum Gasteiger partial charge on any atom is -0.497 e. The molecule has 1 atom stereocenters. The van der Waals surface area contributed by atoms with E-state index in [4.69, 9.17) is 4.74 Å². The molecule has 1 amide bonds. The number of benzene rings is 2. The molecule has 2 aliphatic rings. The molecule has 1 aliphatic heterocycles. The number of piperazine rings is 1. The van der Waals surface area contributed by atoms with Gasteiger partial charge in [0.1, 0.15) is 38.5 Å². The van der Waals surface area contributed by atoms with E-state index in [-0.39, 0.29) is 11.9 Å². The predicted molar refractivity (Wildman–Crippen MR) is 118 cm³/mol. The van der Waals surface area contributed by atoms with Gasteiger partial charge in [0.2, 0.25) is 0 Å². The van der Waals surface area contributed by atoms with E-state index in [1.54, 1.807) is 12.0 Å². The van der Waals surface area contributed by atoms with E-state index in [0.29, 0.717) is 6.54 Å². The molecular formula is C25H35N3O2+2. The fourth-order valence-corrected chi connectivity index (χ4v) is 4.99. The fourth-order valence-electron chi connectivity index (χ4n) is 4.99. The molecule has 1 heterocycles. The van der Waals surface area contributed by atoms with Gasteiger partial charge in [0.05, 0.1) is 13.2 Å². The van der Waals surface area contributed by atoms with Gasteiger partial charge in [0.25, 0.3) is 5.91 Å². The molecule has 0 spiro atoms. The smallest absolute Gasteiger partial charge is 0.278 e. The molecule has 2 aromatic carbocycles. The number of quaternary nitrogens is 2. The maximum absolute atomic E-state index is 13.0. The summed E-state index contributed by atoms with van der Waals surface area (Å²) in [5.74, 6) is 1.19. The summed E-state index contributed by atoms with van der Waals surface area (Å²) < 4.78 is 5.25. The maximum Gasteiger partial charge on any atom is 0.278 e. The predicted octanol–water partition coefficient (Wildman–Crippen LogP) is 0.515. The van der Waals surface area contributed by atoms with Crippen molar-refractivity contribution in [2.24, 2.45) is 0 Å². The van der Waals surface area contributed by atoms with Crippen LogP contribution < -0.4 is 14.5 Å². The van der Waals surface area contributed by atoms with Crippen molar-refractivity contribution in [2.75, 3.05) is 46.9 Å². The van der Waals surface area contributed by atoms with Crippen LogP contribution in [-0.2, 0) is 17.8 Å². The Bertz CT molecular complexity index is 844. The summed E-state index contributed by atoms with van der Waals surface area (Å²) in [4.78, 5) is 18.1. The molecule has 1 saturated heterocycles. The molecule has 1 fully saturated rings. The largest absolute Gasteiger partial charge is 0.497 e. The molecule has 0 radical (unpaired) electrons. The van der Waals surface area contributed by atoms with Crippen molar-refractivity contribution in [3.05, 3.63) is 65.2 Å². The SMILES string of the molecule is COc1ccc(C[NH+]2CC[NH+](CC(=O)N(C)[C@H]3CCCc4ccccc43)CC2)cc1. The van der Waals surface area contributed by atoms with E-state index in [1.807, 2.05) is 24.1 Å². The lowest BCUT2D eigenvalue weighted by atomic mass is 9.87. The fraction of sp³-hybridized carbons (Fsp3) is 0.480. The molecule has 2 aromatic rings.